The van der Waals surface area contributed by atoms with Crippen LogP contribution in [-0.4, -0.2) is 53.0 Å². The zero-order chi connectivity index (χ0) is 19.7. The number of benzene rings is 1. The fourth-order valence-electron chi connectivity index (χ4n) is 2.97. The SMILES string of the molecule is O=C1N=C(N2CCN(C(=O)c3ccc(Cl)cc3Cl)CC2)SC1=Cc1cccs1. The molecule has 144 valence electrons. The third-order valence-electron chi connectivity index (χ3n) is 4.42. The summed E-state index contributed by atoms with van der Waals surface area (Å²) in [6.45, 7) is 2.30. The number of carbonyl (C=O) groups is 2. The van der Waals surface area contributed by atoms with Crippen molar-refractivity contribution >= 4 is 69.4 Å². The number of thiophene rings is 1. The summed E-state index contributed by atoms with van der Waals surface area (Å²) < 4.78 is 0. The average Bonchev–Trinajstić information content (AvgIpc) is 3.32. The number of carbonyl (C=O) groups excluding carboxylic acids is 2. The lowest BCUT2D eigenvalue weighted by Gasteiger charge is -2.35. The van der Waals surface area contributed by atoms with E-state index in [1.165, 1.54) is 11.8 Å². The number of piperazine rings is 1. The summed E-state index contributed by atoms with van der Waals surface area (Å²) in [7, 11) is 0. The van der Waals surface area contributed by atoms with Gasteiger partial charge in [0, 0.05) is 36.1 Å². The van der Waals surface area contributed by atoms with Gasteiger partial charge in [0.1, 0.15) is 0 Å². The number of rotatable bonds is 2. The molecule has 0 aliphatic carbocycles. The molecule has 3 heterocycles. The maximum atomic E-state index is 12.7. The highest BCUT2D eigenvalue weighted by atomic mass is 35.5. The van der Waals surface area contributed by atoms with Gasteiger partial charge in [0.2, 0.25) is 0 Å². The Balaban J connectivity index is 1.39. The smallest absolute Gasteiger partial charge is 0.286 e. The Kier molecular flexibility index (Phi) is 5.78. The molecule has 9 heteroatoms. The van der Waals surface area contributed by atoms with Gasteiger partial charge in [0.15, 0.2) is 5.17 Å². The second kappa shape index (κ2) is 8.29. The summed E-state index contributed by atoms with van der Waals surface area (Å²) in [5.41, 5.74) is 0.448. The lowest BCUT2D eigenvalue weighted by atomic mass is 10.2. The lowest BCUT2D eigenvalue weighted by Crippen LogP contribution is -2.49. The molecule has 4 rings (SSSR count). The first-order chi connectivity index (χ1) is 13.5. The van der Waals surface area contributed by atoms with Crippen LogP contribution in [0.15, 0.2) is 45.6 Å². The van der Waals surface area contributed by atoms with Gasteiger partial charge in [-0.2, -0.15) is 4.99 Å². The fraction of sp³-hybridized carbons (Fsp3) is 0.211. The van der Waals surface area contributed by atoms with Crippen molar-refractivity contribution in [1.29, 1.82) is 0 Å². The molecule has 0 radical (unpaired) electrons. The van der Waals surface area contributed by atoms with Gasteiger partial charge in [-0.1, -0.05) is 29.3 Å². The predicted octanol–water partition coefficient (Wildman–Crippen LogP) is 4.48. The number of aliphatic imine (C=N–C) groups is 1. The molecule has 0 atom stereocenters. The van der Waals surface area contributed by atoms with Gasteiger partial charge in [-0.05, 0) is 47.5 Å². The first-order valence-corrected chi connectivity index (χ1v) is 11.0. The van der Waals surface area contributed by atoms with Crippen molar-refractivity contribution < 1.29 is 9.59 Å². The summed E-state index contributed by atoms with van der Waals surface area (Å²) in [6.07, 6.45) is 1.87. The van der Waals surface area contributed by atoms with E-state index in [1.54, 1.807) is 34.4 Å². The quantitative estimate of drug-likeness (QED) is 0.631. The Morgan fingerprint density at radius 1 is 1.14 bits per heavy atom. The largest absolute Gasteiger partial charge is 0.347 e. The van der Waals surface area contributed by atoms with Gasteiger partial charge in [-0.25, -0.2) is 0 Å². The van der Waals surface area contributed by atoms with Crippen LogP contribution in [0.2, 0.25) is 10.0 Å². The highest BCUT2D eigenvalue weighted by Crippen LogP contribution is 2.31. The van der Waals surface area contributed by atoms with Crippen molar-refractivity contribution in [2.45, 2.75) is 0 Å². The van der Waals surface area contributed by atoms with Crippen molar-refractivity contribution in [2.24, 2.45) is 4.99 Å². The second-order valence-electron chi connectivity index (χ2n) is 6.23. The zero-order valence-electron chi connectivity index (χ0n) is 14.6. The molecule has 2 aliphatic heterocycles. The van der Waals surface area contributed by atoms with Crippen LogP contribution in [0.1, 0.15) is 15.2 Å². The van der Waals surface area contributed by atoms with E-state index in [0.29, 0.717) is 51.9 Å². The number of hydrogen-bond acceptors (Lipinski definition) is 5. The number of nitrogens with zero attached hydrogens (tertiary/aromatic N) is 3. The van der Waals surface area contributed by atoms with E-state index in [4.69, 9.17) is 23.2 Å². The fourth-order valence-corrected chi connectivity index (χ4v) is 5.15. The Morgan fingerprint density at radius 2 is 1.93 bits per heavy atom. The van der Waals surface area contributed by atoms with E-state index < -0.39 is 0 Å². The molecule has 0 spiro atoms. The minimum absolute atomic E-state index is 0.114. The van der Waals surface area contributed by atoms with Crippen molar-refractivity contribution in [2.75, 3.05) is 26.2 Å². The molecule has 1 aromatic heterocycles. The molecule has 1 fully saturated rings. The standard InChI is InChI=1S/C19H15Cl2N3O2S2/c20-12-3-4-14(15(21)10-12)18(26)23-5-7-24(8-6-23)19-22-17(25)16(28-19)11-13-2-1-9-27-13/h1-4,9-11H,5-8H2. The number of thioether (sulfide) groups is 1. The Bertz CT molecular complexity index is 981. The van der Waals surface area contributed by atoms with E-state index in [-0.39, 0.29) is 11.8 Å². The monoisotopic (exact) mass is 451 g/mol. The molecule has 28 heavy (non-hydrogen) atoms. The van der Waals surface area contributed by atoms with Gasteiger partial charge in [0.05, 0.1) is 15.5 Å². The summed E-state index contributed by atoms with van der Waals surface area (Å²) in [5.74, 6) is -0.323. The number of amides is 2. The Labute approximate surface area is 180 Å². The van der Waals surface area contributed by atoms with E-state index >= 15 is 0 Å². The molecule has 0 unspecified atom stereocenters. The van der Waals surface area contributed by atoms with Crippen LogP contribution in [0.5, 0.6) is 0 Å². The highest BCUT2D eigenvalue weighted by molar-refractivity contribution is 8.18. The second-order valence-corrected chi connectivity index (χ2v) is 9.06. The first kappa shape index (κ1) is 19.5. The van der Waals surface area contributed by atoms with Crippen LogP contribution in [0.4, 0.5) is 0 Å². The minimum atomic E-state index is -0.208. The van der Waals surface area contributed by atoms with E-state index in [0.717, 1.165) is 4.88 Å². The lowest BCUT2D eigenvalue weighted by molar-refractivity contribution is -0.113. The summed E-state index contributed by atoms with van der Waals surface area (Å²) in [4.78, 5) is 34.6. The third kappa shape index (κ3) is 4.12. The molecule has 2 amide bonds. The maximum absolute atomic E-state index is 12.7. The third-order valence-corrected chi connectivity index (χ3v) is 6.84. The molecule has 1 saturated heterocycles. The van der Waals surface area contributed by atoms with Crippen molar-refractivity contribution in [1.82, 2.24) is 9.80 Å². The van der Waals surface area contributed by atoms with Crippen molar-refractivity contribution in [3.8, 4) is 0 Å². The van der Waals surface area contributed by atoms with Crippen LogP contribution in [0.3, 0.4) is 0 Å². The van der Waals surface area contributed by atoms with Gasteiger partial charge < -0.3 is 9.80 Å². The highest BCUT2D eigenvalue weighted by Gasteiger charge is 2.30. The van der Waals surface area contributed by atoms with Crippen LogP contribution in [0, 0.1) is 0 Å². The van der Waals surface area contributed by atoms with Crippen LogP contribution < -0.4 is 0 Å². The van der Waals surface area contributed by atoms with Crippen LogP contribution in [0.25, 0.3) is 6.08 Å². The topological polar surface area (TPSA) is 53.0 Å². The molecule has 2 aromatic rings. The van der Waals surface area contributed by atoms with E-state index in [2.05, 4.69) is 4.99 Å². The maximum Gasteiger partial charge on any atom is 0.286 e. The number of halogens is 2. The molecular formula is C19H15Cl2N3O2S2. The minimum Gasteiger partial charge on any atom is -0.347 e. The summed E-state index contributed by atoms with van der Waals surface area (Å²) in [6, 6.07) is 8.80. The van der Waals surface area contributed by atoms with Gasteiger partial charge >= 0.3 is 0 Å². The molecule has 5 nitrogen and oxygen atoms in total. The molecular weight excluding hydrogens is 437 g/mol. The van der Waals surface area contributed by atoms with Gasteiger partial charge in [0.25, 0.3) is 11.8 Å². The number of amidine groups is 1. The average molecular weight is 452 g/mol. The predicted molar refractivity (Wildman–Crippen MR) is 116 cm³/mol. The van der Waals surface area contributed by atoms with Gasteiger partial charge in [-0.15, -0.1) is 11.3 Å². The zero-order valence-corrected chi connectivity index (χ0v) is 17.7. The van der Waals surface area contributed by atoms with E-state index in [9.17, 15) is 9.59 Å². The normalized spacial score (nSPS) is 18.7. The first-order valence-electron chi connectivity index (χ1n) is 8.56. The Hall–Kier alpha value is -1.80. The number of hydrogen-bond donors (Lipinski definition) is 0. The molecule has 0 bridgehead atoms. The van der Waals surface area contributed by atoms with Crippen molar-refractivity contribution in [3.05, 3.63) is 61.1 Å². The van der Waals surface area contributed by atoms with Gasteiger partial charge in [-0.3, -0.25) is 9.59 Å². The van der Waals surface area contributed by atoms with Crippen LogP contribution >= 0.6 is 46.3 Å². The van der Waals surface area contributed by atoms with Crippen LogP contribution in [-0.2, 0) is 4.79 Å². The summed E-state index contributed by atoms with van der Waals surface area (Å²) in [5, 5.41) is 3.52. The molecule has 0 saturated carbocycles. The molecule has 0 N–H and O–H groups in total. The molecule has 1 aromatic carbocycles. The molecule has 2 aliphatic rings. The van der Waals surface area contributed by atoms with Crippen molar-refractivity contribution in [3.63, 3.8) is 0 Å². The Morgan fingerprint density at radius 3 is 2.61 bits per heavy atom. The summed E-state index contributed by atoms with van der Waals surface area (Å²) >= 11 is 15.0. The van der Waals surface area contributed by atoms with E-state index in [1.807, 2.05) is 28.5 Å².